The number of rotatable bonds is 5. The molecule has 0 saturated heterocycles. The van der Waals surface area contributed by atoms with Crippen LogP contribution in [0.2, 0.25) is 0 Å². The largest absolute Gasteiger partial charge is 0.509 e. The Labute approximate surface area is 387 Å². The highest BCUT2D eigenvalue weighted by atomic mass is 16.3. The standard InChI is InChI=1S/C61H41BN3O2/c1-37-33-45(41-19-10-5-11-20-41)34-38(2)58(37)62-47-29-26-43(39-15-6-3-7-16-39)35-52(47)64-59-48(62)30-25-42-27-32-51-60(56(42)59)65(61(64)66)53-36-44(40-17-8-4-9-18-40)28-31-49(53)63(51)50-22-14-24-55-57(50)46-21-12-13-23-54(46)67-55/h3-36,49H,1-2H3/q+1. The summed E-state index contributed by atoms with van der Waals surface area (Å²) in [6.45, 7) is 4.37. The molecule has 2 aliphatic heterocycles. The number of nitrogens with zero attached hydrogens (tertiary/aromatic N) is 3. The van der Waals surface area contributed by atoms with Gasteiger partial charge >= 0.3 is 5.69 Å². The second kappa shape index (κ2) is 14.3. The van der Waals surface area contributed by atoms with E-state index in [1.165, 1.54) is 27.7 Å². The zero-order valence-electron chi connectivity index (χ0n) is 36.9. The van der Waals surface area contributed by atoms with E-state index in [2.05, 4.69) is 207 Å². The van der Waals surface area contributed by atoms with Gasteiger partial charge in [0.05, 0.1) is 22.1 Å². The molecule has 14 rings (SSSR count). The summed E-state index contributed by atoms with van der Waals surface area (Å²) in [4.78, 5) is 18.8. The minimum atomic E-state index is -0.313. The van der Waals surface area contributed by atoms with Gasteiger partial charge in [0.25, 0.3) is 6.71 Å². The molecule has 5 nitrogen and oxygen atoms in total. The van der Waals surface area contributed by atoms with E-state index in [0.717, 1.165) is 99.7 Å². The summed E-state index contributed by atoms with van der Waals surface area (Å²) in [6, 6.07) is 66.5. The van der Waals surface area contributed by atoms with Crippen LogP contribution in [0.1, 0.15) is 16.7 Å². The number of anilines is 2. The number of aryl methyl sites for hydroxylation is 2. The molecule has 0 bridgehead atoms. The fourth-order valence-electron chi connectivity index (χ4n) is 11.7. The lowest BCUT2D eigenvalue weighted by Crippen LogP contribution is -2.61. The number of hydrogen-bond donors (Lipinski definition) is 0. The summed E-state index contributed by atoms with van der Waals surface area (Å²) >= 11 is 0. The van der Waals surface area contributed by atoms with Gasteiger partial charge < -0.3 is 9.32 Å². The predicted octanol–water partition coefficient (Wildman–Crippen LogP) is 11.4. The van der Waals surface area contributed by atoms with Gasteiger partial charge in [-0.05, 0) is 100.0 Å². The van der Waals surface area contributed by atoms with Crippen LogP contribution in [-0.4, -0.2) is 17.3 Å². The molecule has 6 heteroatoms. The van der Waals surface area contributed by atoms with Gasteiger partial charge in [0, 0.05) is 5.39 Å². The smallest absolute Gasteiger partial charge is 0.456 e. The number of allylic oxidation sites excluding steroid dienone is 2. The van der Waals surface area contributed by atoms with Crippen LogP contribution >= 0.6 is 0 Å². The van der Waals surface area contributed by atoms with Crippen LogP contribution < -0.4 is 31.2 Å². The summed E-state index contributed by atoms with van der Waals surface area (Å²) in [5, 5.41) is 4.26. The first-order valence-electron chi connectivity index (χ1n) is 23.1. The Morgan fingerprint density at radius 2 is 1.21 bits per heavy atom. The van der Waals surface area contributed by atoms with Crippen molar-refractivity contribution in [3.63, 3.8) is 0 Å². The highest BCUT2D eigenvalue weighted by molar-refractivity contribution is 6.98. The number of fused-ring (bicyclic) bond motifs is 6. The molecular weight excluding hydrogens is 818 g/mol. The molecule has 2 aromatic heterocycles. The number of aromatic nitrogens is 2. The molecule has 0 fully saturated rings. The lowest BCUT2D eigenvalue weighted by molar-refractivity contribution is -0.515. The molecule has 314 valence electrons. The van der Waals surface area contributed by atoms with Gasteiger partial charge in [-0.25, -0.2) is 0 Å². The molecule has 0 saturated carbocycles. The molecule has 0 radical (unpaired) electrons. The Morgan fingerprint density at radius 1 is 0.552 bits per heavy atom. The van der Waals surface area contributed by atoms with Crippen molar-refractivity contribution in [2.75, 3.05) is 4.90 Å². The molecule has 9 aromatic carbocycles. The molecule has 1 atom stereocenters. The van der Waals surface area contributed by atoms with E-state index < -0.39 is 0 Å². The zero-order chi connectivity index (χ0) is 44.5. The maximum Gasteiger partial charge on any atom is 0.509 e. The Balaban J connectivity index is 1.13. The molecule has 1 aliphatic carbocycles. The van der Waals surface area contributed by atoms with Gasteiger partial charge in [0.1, 0.15) is 34.1 Å². The molecule has 67 heavy (non-hydrogen) atoms. The van der Waals surface area contributed by atoms with E-state index in [1.54, 1.807) is 0 Å². The molecular formula is C61H41BN3O2+. The van der Waals surface area contributed by atoms with Crippen molar-refractivity contribution in [2.24, 2.45) is 0 Å². The Kier molecular flexibility index (Phi) is 8.06. The van der Waals surface area contributed by atoms with Crippen molar-refractivity contribution in [3.8, 4) is 27.9 Å². The normalized spacial score (nSPS) is 14.9. The first-order chi connectivity index (χ1) is 33.0. The average Bonchev–Trinajstić information content (AvgIpc) is 3.77. The minimum Gasteiger partial charge on any atom is -0.456 e. The van der Waals surface area contributed by atoms with Gasteiger partial charge in [-0.2, -0.15) is 13.6 Å². The van der Waals surface area contributed by atoms with Gasteiger partial charge in [-0.3, -0.25) is 0 Å². The number of para-hydroxylation sites is 1. The lowest BCUT2D eigenvalue weighted by Gasteiger charge is -2.37. The molecule has 1 unspecified atom stereocenters. The predicted molar refractivity (Wildman–Crippen MR) is 276 cm³/mol. The maximum atomic E-state index is 16.4. The topological polar surface area (TPSA) is 44.3 Å². The van der Waals surface area contributed by atoms with Crippen molar-refractivity contribution in [2.45, 2.75) is 19.9 Å². The Hall–Kier alpha value is -8.48. The fourth-order valence-corrected chi connectivity index (χ4v) is 11.7. The second-order valence-corrected chi connectivity index (χ2v) is 18.3. The average molecular weight is 859 g/mol. The first kappa shape index (κ1) is 37.9. The number of furan rings is 1. The summed E-state index contributed by atoms with van der Waals surface area (Å²) in [5.41, 5.74) is 19.9. The Bertz CT molecular complexity index is 4070. The van der Waals surface area contributed by atoms with E-state index in [-0.39, 0.29) is 18.4 Å². The van der Waals surface area contributed by atoms with Gasteiger partial charge in [0.15, 0.2) is 5.52 Å². The van der Waals surface area contributed by atoms with Crippen molar-refractivity contribution in [3.05, 3.63) is 239 Å². The lowest BCUT2D eigenvalue weighted by atomic mass is 9.34. The Morgan fingerprint density at radius 3 is 1.97 bits per heavy atom. The third-order valence-electron chi connectivity index (χ3n) is 14.6. The van der Waals surface area contributed by atoms with E-state index in [9.17, 15) is 0 Å². The third-order valence-corrected chi connectivity index (χ3v) is 14.6. The van der Waals surface area contributed by atoms with Crippen LogP contribution in [0.5, 0.6) is 0 Å². The van der Waals surface area contributed by atoms with E-state index in [4.69, 9.17) is 4.42 Å². The highest BCUT2D eigenvalue weighted by Crippen LogP contribution is 2.46. The third kappa shape index (κ3) is 5.44. The second-order valence-electron chi connectivity index (χ2n) is 18.3. The number of hydrogen-bond acceptors (Lipinski definition) is 3. The summed E-state index contributed by atoms with van der Waals surface area (Å²) < 4.78 is 10.6. The van der Waals surface area contributed by atoms with Gasteiger partial charge in [-0.15, -0.1) is 0 Å². The van der Waals surface area contributed by atoms with Gasteiger partial charge in [0.2, 0.25) is 0 Å². The van der Waals surface area contributed by atoms with Crippen LogP contribution in [-0.2, 0) is 0 Å². The van der Waals surface area contributed by atoms with Crippen LogP contribution in [0.25, 0.3) is 77.3 Å². The van der Waals surface area contributed by atoms with Crippen molar-refractivity contribution in [1.82, 2.24) is 4.57 Å². The van der Waals surface area contributed by atoms with E-state index >= 15 is 4.79 Å². The zero-order valence-corrected chi connectivity index (χ0v) is 36.9. The first-order valence-corrected chi connectivity index (χ1v) is 23.1. The molecule has 4 heterocycles. The summed E-state index contributed by atoms with van der Waals surface area (Å²) in [7, 11) is 0. The molecule has 11 aromatic rings. The molecule has 0 N–H and O–H groups in total. The minimum absolute atomic E-state index is 0.0861. The number of benzene rings is 9. The maximum absolute atomic E-state index is 16.4. The van der Waals surface area contributed by atoms with Crippen LogP contribution in [0.3, 0.4) is 0 Å². The fraction of sp³-hybridized carbons (Fsp3) is 0.0492. The van der Waals surface area contributed by atoms with Crippen LogP contribution in [0.4, 0.5) is 11.4 Å². The molecule has 0 amide bonds. The SMILES string of the molecule is Cc1cc(-c2ccccc2)cc(C)c1B1c2ccc(-c3ccccc3)cc2-n2c(=O)[n+]3c4c(ccc5ccc1c2c54)N(c1cccc2oc4ccccc4c12)C1C=CC(c2ccccc2)=CC=31. The van der Waals surface area contributed by atoms with Crippen molar-refractivity contribution < 1.29 is 8.66 Å². The quantitative estimate of drug-likeness (QED) is 0.128. The summed E-state index contributed by atoms with van der Waals surface area (Å²) in [5.74, 6) is 0. The van der Waals surface area contributed by atoms with Crippen LogP contribution in [0, 0.1) is 19.6 Å². The highest BCUT2D eigenvalue weighted by Gasteiger charge is 2.43. The van der Waals surface area contributed by atoms with E-state index in [0.29, 0.717) is 0 Å². The van der Waals surface area contributed by atoms with Crippen molar-refractivity contribution >= 4 is 83.8 Å². The molecule has 0 spiro atoms. The van der Waals surface area contributed by atoms with Gasteiger partial charge in [-0.1, -0.05) is 186 Å². The van der Waals surface area contributed by atoms with Crippen molar-refractivity contribution in [1.29, 1.82) is 0 Å². The summed E-state index contributed by atoms with van der Waals surface area (Å²) in [6.07, 6.45) is 6.72. The van der Waals surface area contributed by atoms with Crippen LogP contribution in [0.15, 0.2) is 215 Å². The monoisotopic (exact) mass is 858 g/mol. The van der Waals surface area contributed by atoms with E-state index in [1.807, 2.05) is 27.0 Å². The molecule has 3 aliphatic rings.